The minimum atomic E-state index is -2.61. The molecule has 0 atom stereocenters. The van der Waals surface area contributed by atoms with Crippen molar-refractivity contribution in [1.82, 2.24) is 4.57 Å². The van der Waals surface area contributed by atoms with Crippen LogP contribution in [0.15, 0.2) is 30.3 Å². The lowest BCUT2D eigenvalue weighted by molar-refractivity contribution is -0.126. The SMILES string of the molecule is Cn1c(C2(N)CC(F)(F)C2)cc2ccccc21. The molecule has 0 radical (unpaired) electrons. The van der Waals surface area contributed by atoms with Gasteiger partial charge in [0.1, 0.15) is 0 Å². The molecule has 2 N–H and O–H groups in total. The van der Waals surface area contributed by atoms with E-state index in [9.17, 15) is 8.78 Å². The summed E-state index contributed by atoms with van der Waals surface area (Å²) >= 11 is 0. The van der Waals surface area contributed by atoms with Crippen molar-refractivity contribution in [3.05, 3.63) is 36.0 Å². The highest BCUT2D eigenvalue weighted by Crippen LogP contribution is 2.50. The Hall–Kier alpha value is -1.42. The second-order valence-corrected chi connectivity index (χ2v) is 5.01. The fraction of sp³-hybridized carbons (Fsp3) is 0.385. The Balaban J connectivity index is 2.10. The summed E-state index contributed by atoms with van der Waals surface area (Å²) in [5.41, 5.74) is 7.01. The van der Waals surface area contributed by atoms with E-state index in [1.54, 1.807) is 0 Å². The highest BCUT2D eigenvalue weighted by atomic mass is 19.3. The van der Waals surface area contributed by atoms with Crippen LogP contribution in [-0.4, -0.2) is 10.5 Å². The smallest absolute Gasteiger partial charge is 0.252 e. The maximum atomic E-state index is 13.0. The monoisotopic (exact) mass is 236 g/mol. The molecule has 0 saturated heterocycles. The van der Waals surface area contributed by atoms with E-state index in [0.717, 1.165) is 16.6 Å². The predicted molar refractivity (Wildman–Crippen MR) is 63.0 cm³/mol. The van der Waals surface area contributed by atoms with Gasteiger partial charge in [-0.15, -0.1) is 0 Å². The average molecular weight is 236 g/mol. The first-order chi connectivity index (χ1) is 7.91. The van der Waals surface area contributed by atoms with Gasteiger partial charge in [-0.05, 0) is 17.5 Å². The number of halogens is 2. The van der Waals surface area contributed by atoms with E-state index in [4.69, 9.17) is 5.73 Å². The van der Waals surface area contributed by atoms with Crippen molar-refractivity contribution in [3.8, 4) is 0 Å². The number of para-hydroxylation sites is 1. The lowest BCUT2D eigenvalue weighted by atomic mass is 9.72. The quantitative estimate of drug-likeness (QED) is 0.811. The third-order valence-corrected chi connectivity index (χ3v) is 3.61. The average Bonchev–Trinajstić information content (AvgIpc) is 2.54. The van der Waals surface area contributed by atoms with Gasteiger partial charge in [0.05, 0.1) is 5.54 Å². The topological polar surface area (TPSA) is 30.9 Å². The number of hydrogen-bond donors (Lipinski definition) is 1. The zero-order valence-electron chi connectivity index (χ0n) is 9.58. The molecule has 3 rings (SSSR count). The third-order valence-electron chi connectivity index (χ3n) is 3.61. The third kappa shape index (κ3) is 1.47. The summed E-state index contributed by atoms with van der Waals surface area (Å²) in [6.45, 7) is 0. The summed E-state index contributed by atoms with van der Waals surface area (Å²) in [5, 5.41) is 1.05. The largest absolute Gasteiger partial charge is 0.346 e. The van der Waals surface area contributed by atoms with Crippen molar-refractivity contribution in [2.45, 2.75) is 24.3 Å². The Morgan fingerprint density at radius 1 is 1.24 bits per heavy atom. The molecule has 90 valence electrons. The number of alkyl halides is 2. The zero-order chi connectivity index (χ0) is 12.3. The number of nitrogens with zero attached hydrogens (tertiary/aromatic N) is 1. The molecule has 1 fully saturated rings. The van der Waals surface area contributed by atoms with Gasteiger partial charge in [0.25, 0.3) is 5.92 Å². The molecule has 0 spiro atoms. The molecule has 17 heavy (non-hydrogen) atoms. The summed E-state index contributed by atoms with van der Waals surface area (Å²) in [7, 11) is 1.88. The number of fused-ring (bicyclic) bond motifs is 1. The molecule has 0 aliphatic heterocycles. The van der Waals surface area contributed by atoms with E-state index < -0.39 is 11.5 Å². The Morgan fingerprint density at radius 3 is 2.47 bits per heavy atom. The molecule has 2 aromatic rings. The molecule has 4 heteroatoms. The lowest BCUT2D eigenvalue weighted by Crippen LogP contribution is -2.56. The minimum Gasteiger partial charge on any atom is -0.346 e. The van der Waals surface area contributed by atoms with Gasteiger partial charge in [0.15, 0.2) is 0 Å². The predicted octanol–water partition coefficient (Wildman–Crippen LogP) is 2.76. The Morgan fingerprint density at radius 2 is 1.88 bits per heavy atom. The Bertz CT molecular complexity index is 578. The van der Waals surface area contributed by atoms with Crippen molar-refractivity contribution in [1.29, 1.82) is 0 Å². The standard InChI is InChI=1S/C13H14F2N2/c1-17-10-5-3-2-4-9(10)6-11(17)12(16)7-13(14,15)8-12/h2-6H,7-8,16H2,1H3. The van der Waals surface area contributed by atoms with Crippen molar-refractivity contribution >= 4 is 10.9 Å². The van der Waals surface area contributed by atoms with Crippen LogP contribution in [0.5, 0.6) is 0 Å². The van der Waals surface area contributed by atoms with Gasteiger partial charge < -0.3 is 10.3 Å². The number of aromatic nitrogens is 1. The van der Waals surface area contributed by atoms with Crippen molar-refractivity contribution in [2.24, 2.45) is 12.8 Å². The van der Waals surface area contributed by atoms with Crippen LogP contribution in [0.2, 0.25) is 0 Å². The van der Waals surface area contributed by atoms with Gasteiger partial charge in [-0.1, -0.05) is 18.2 Å². The number of hydrogen-bond acceptors (Lipinski definition) is 1. The van der Waals surface area contributed by atoms with E-state index in [-0.39, 0.29) is 12.8 Å². The van der Waals surface area contributed by atoms with Crippen LogP contribution in [-0.2, 0) is 12.6 Å². The van der Waals surface area contributed by atoms with E-state index in [1.165, 1.54) is 0 Å². The number of aryl methyl sites for hydroxylation is 1. The maximum absolute atomic E-state index is 13.0. The molecule has 1 aliphatic carbocycles. The van der Waals surface area contributed by atoms with E-state index in [2.05, 4.69) is 0 Å². The van der Waals surface area contributed by atoms with Crippen LogP contribution in [0.1, 0.15) is 18.5 Å². The first kappa shape index (κ1) is 10.7. The van der Waals surface area contributed by atoms with Gasteiger partial charge in [-0.3, -0.25) is 0 Å². The van der Waals surface area contributed by atoms with E-state index >= 15 is 0 Å². The molecule has 1 heterocycles. The Kier molecular flexibility index (Phi) is 1.94. The van der Waals surface area contributed by atoms with Crippen molar-refractivity contribution in [2.75, 3.05) is 0 Å². The lowest BCUT2D eigenvalue weighted by Gasteiger charge is -2.44. The summed E-state index contributed by atoms with van der Waals surface area (Å²) in [4.78, 5) is 0. The number of nitrogens with two attached hydrogens (primary N) is 1. The maximum Gasteiger partial charge on any atom is 0.252 e. The second kappa shape index (κ2) is 3.07. The van der Waals surface area contributed by atoms with Crippen LogP contribution in [0.4, 0.5) is 8.78 Å². The van der Waals surface area contributed by atoms with Gasteiger partial charge in [-0.2, -0.15) is 0 Å². The summed E-state index contributed by atoms with van der Waals surface area (Å²) in [6.07, 6.45) is -0.520. The van der Waals surface area contributed by atoms with Gasteiger partial charge in [0, 0.05) is 31.1 Å². The molecule has 0 unspecified atom stereocenters. The first-order valence-electron chi connectivity index (χ1n) is 5.63. The summed E-state index contributed by atoms with van der Waals surface area (Å²) in [6, 6.07) is 9.73. The molecular weight excluding hydrogens is 222 g/mol. The van der Waals surface area contributed by atoms with Gasteiger partial charge >= 0.3 is 0 Å². The van der Waals surface area contributed by atoms with Gasteiger partial charge in [0.2, 0.25) is 0 Å². The summed E-state index contributed by atoms with van der Waals surface area (Å²) < 4.78 is 28.0. The fourth-order valence-electron chi connectivity index (χ4n) is 2.82. The molecule has 1 aromatic carbocycles. The number of benzene rings is 1. The number of rotatable bonds is 1. The highest BCUT2D eigenvalue weighted by molar-refractivity contribution is 5.81. The van der Waals surface area contributed by atoms with Crippen molar-refractivity contribution in [3.63, 3.8) is 0 Å². The molecule has 1 aliphatic rings. The van der Waals surface area contributed by atoms with Crippen molar-refractivity contribution < 1.29 is 8.78 Å². The van der Waals surface area contributed by atoms with Crippen LogP contribution in [0.3, 0.4) is 0 Å². The first-order valence-corrected chi connectivity index (χ1v) is 5.63. The highest BCUT2D eigenvalue weighted by Gasteiger charge is 2.56. The van der Waals surface area contributed by atoms with Crippen LogP contribution in [0.25, 0.3) is 10.9 Å². The summed E-state index contributed by atoms with van der Waals surface area (Å²) in [5.74, 6) is -2.61. The fourth-order valence-corrected chi connectivity index (χ4v) is 2.82. The molecular formula is C13H14F2N2. The molecule has 0 bridgehead atoms. The van der Waals surface area contributed by atoms with E-state index in [0.29, 0.717) is 0 Å². The van der Waals surface area contributed by atoms with Crippen LogP contribution >= 0.6 is 0 Å². The van der Waals surface area contributed by atoms with Crippen LogP contribution in [0, 0.1) is 0 Å². The van der Waals surface area contributed by atoms with Crippen LogP contribution < -0.4 is 5.73 Å². The zero-order valence-corrected chi connectivity index (χ0v) is 9.58. The molecule has 2 nitrogen and oxygen atoms in total. The van der Waals surface area contributed by atoms with E-state index in [1.807, 2.05) is 41.9 Å². The van der Waals surface area contributed by atoms with Gasteiger partial charge in [-0.25, -0.2) is 8.78 Å². The molecule has 1 aromatic heterocycles. The molecule has 0 amide bonds. The molecule has 1 saturated carbocycles. The minimum absolute atomic E-state index is 0.260. The second-order valence-electron chi connectivity index (χ2n) is 5.01. The Labute approximate surface area is 98.0 Å². The normalized spacial score (nSPS) is 21.4.